The van der Waals surface area contributed by atoms with Crippen LogP contribution in [0.2, 0.25) is 0 Å². The Morgan fingerprint density at radius 1 is 1.00 bits per heavy atom. The monoisotopic (exact) mass is 308 g/mol. The Kier molecular flexibility index (Phi) is 4.42. The Morgan fingerprint density at radius 2 is 1.74 bits per heavy atom. The van der Waals surface area contributed by atoms with Crippen LogP contribution in [0.25, 0.3) is 0 Å². The first-order valence-electron chi connectivity index (χ1n) is 7.92. The Balaban J connectivity index is 1.86. The fourth-order valence-electron chi connectivity index (χ4n) is 2.96. The average Bonchev–Trinajstić information content (AvgIpc) is 2.77. The van der Waals surface area contributed by atoms with Crippen LogP contribution in [0.4, 0.5) is 11.4 Å². The Hall–Kier alpha value is -2.62. The summed E-state index contributed by atoms with van der Waals surface area (Å²) in [5.74, 6) is -0.112. The van der Waals surface area contributed by atoms with Gasteiger partial charge in [0.15, 0.2) is 0 Å². The fraction of sp³-hybridized carbons (Fsp3) is 0.263. The molecule has 4 nitrogen and oxygen atoms in total. The van der Waals surface area contributed by atoms with Gasteiger partial charge in [-0.1, -0.05) is 18.2 Å². The molecule has 1 N–H and O–H groups in total. The molecule has 0 aliphatic carbocycles. The first kappa shape index (κ1) is 15.3. The molecule has 2 aromatic rings. The zero-order valence-electron chi connectivity index (χ0n) is 13.2. The lowest BCUT2D eigenvalue weighted by Gasteiger charge is -2.23. The Bertz CT molecular complexity index is 722. The molecule has 3 rings (SSSR count). The van der Waals surface area contributed by atoms with Crippen molar-refractivity contribution < 1.29 is 9.59 Å². The van der Waals surface area contributed by atoms with Gasteiger partial charge in [-0.2, -0.15) is 0 Å². The summed E-state index contributed by atoms with van der Waals surface area (Å²) in [6, 6.07) is 15.2. The van der Waals surface area contributed by atoms with Gasteiger partial charge in [-0.3, -0.25) is 9.59 Å². The number of para-hydroxylation sites is 1. The molecule has 23 heavy (non-hydrogen) atoms. The molecule has 0 atom stereocenters. The number of nitrogens with zero attached hydrogens (tertiary/aromatic N) is 1. The second kappa shape index (κ2) is 6.65. The van der Waals surface area contributed by atoms with Crippen molar-refractivity contribution in [1.82, 2.24) is 0 Å². The van der Waals surface area contributed by atoms with Gasteiger partial charge in [-0.15, -0.1) is 0 Å². The average molecular weight is 308 g/mol. The maximum absolute atomic E-state index is 12.9. The van der Waals surface area contributed by atoms with E-state index in [1.807, 2.05) is 23.1 Å². The van der Waals surface area contributed by atoms with Crippen molar-refractivity contribution in [2.45, 2.75) is 26.2 Å². The summed E-state index contributed by atoms with van der Waals surface area (Å²) in [5.41, 5.74) is 3.58. The molecule has 1 aliphatic rings. The molecule has 4 heteroatoms. The lowest BCUT2D eigenvalue weighted by molar-refractivity contribution is -0.114. The molecule has 0 radical (unpaired) electrons. The maximum Gasteiger partial charge on any atom is 0.258 e. The van der Waals surface area contributed by atoms with Gasteiger partial charge in [0, 0.05) is 30.4 Å². The smallest absolute Gasteiger partial charge is 0.258 e. The number of benzene rings is 2. The number of fused-ring (bicyclic) bond motifs is 1. The van der Waals surface area contributed by atoms with Gasteiger partial charge < -0.3 is 10.2 Å². The van der Waals surface area contributed by atoms with E-state index in [2.05, 4.69) is 11.4 Å². The summed E-state index contributed by atoms with van der Waals surface area (Å²) < 4.78 is 0. The lowest BCUT2D eigenvalue weighted by atomic mass is 10.1. The Morgan fingerprint density at radius 3 is 2.48 bits per heavy atom. The van der Waals surface area contributed by atoms with Gasteiger partial charge in [0.25, 0.3) is 5.91 Å². The first-order valence-corrected chi connectivity index (χ1v) is 7.92. The predicted molar refractivity (Wildman–Crippen MR) is 91.8 cm³/mol. The summed E-state index contributed by atoms with van der Waals surface area (Å²) in [4.78, 5) is 25.8. The van der Waals surface area contributed by atoms with Crippen LogP contribution in [0.1, 0.15) is 35.7 Å². The highest BCUT2D eigenvalue weighted by Crippen LogP contribution is 2.27. The van der Waals surface area contributed by atoms with Crippen molar-refractivity contribution in [2.24, 2.45) is 0 Å². The van der Waals surface area contributed by atoms with E-state index < -0.39 is 0 Å². The number of carbonyl (C=O) groups excluding carboxylic acids is 2. The standard InChI is InChI=1S/C19H20N2O2/c1-14(22)20-17-11-9-16(10-12-17)19(23)21-13-5-4-7-15-6-2-3-8-18(15)21/h2-3,6,8-12H,4-5,7,13H2,1H3,(H,20,22). The van der Waals surface area contributed by atoms with Crippen molar-refractivity contribution in [1.29, 1.82) is 0 Å². The van der Waals surface area contributed by atoms with Crippen molar-refractivity contribution in [3.8, 4) is 0 Å². The summed E-state index contributed by atoms with van der Waals surface area (Å²) in [7, 11) is 0. The van der Waals surface area contributed by atoms with Crippen molar-refractivity contribution in [2.75, 3.05) is 16.8 Å². The summed E-state index contributed by atoms with van der Waals surface area (Å²) in [6.45, 7) is 2.20. The van der Waals surface area contributed by atoms with Gasteiger partial charge in [-0.25, -0.2) is 0 Å². The molecule has 118 valence electrons. The molecule has 1 aliphatic heterocycles. The van der Waals surface area contributed by atoms with Crippen LogP contribution in [-0.4, -0.2) is 18.4 Å². The van der Waals surface area contributed by atoms with Gasteiger partial charge in [0.1, 0.15) is 0 Å². The van der Waals surface area contributed by atoms with Gasteiger partial charge in [-0.05, 0) is 55.2 Å². The number of nitrogens with one attached hydrogen (secondary N) is 1. The number of carbonyl (C=O) groups is 2. The topological polar surface area (TPSA) is 49.4 Å². The molecule has 0 bridgehead atoms. The summed E-state index contributed by atoms with van der Waals surface area (Å²) in [6.07, 6.45) is 3.12. The normalized spacial score (nSPS) is 13.9. The van der Waals surface area contributed by atoms with E-state index >= 15 is 0 Å². The number of anilines is 2. The van der Waals surface area contributed by atoms with Gasteiger partial charge in [0.2, 0.25) is 5.91 Å². The zero-order chi connectivity index (χ0) is 16.2. The second-order valence-corrected chi connectivity index (χ2v) is 5.80. The fourth-order valence-corrected chi connectivity index (χ4v) is 2.96. The third-order valence-corrected chi connectivity index (χ3v) is 4.06. The molecule has 0 saturated carbocycles. The minimum absolute atomic E-state index is 0.00808. The molecule has 2 aromatic carbocycles. The predicted octanol–water partition coefficient (Wildman–Crippen LogP) is 3.63. The highest BCUT2D eigenvalue weighted by molar-refractivity contribution is 6.06. The molecular formula is C19H20N2O2. The first-order chi connectivity index (χ1) is 11.1. The second-order valence-electron chi connectivity index (χ2n) is 5.80. The van der Waals surface area contributed by atoms with E-state index in [4.69, 9.17) is 0 Å². The van der Waals surface area contributed by atoms with Crippen LogP contribution in [0.3, 0.4) is 0 Å². The molecule has 0 saturated heterocycles. The summed E-state index contributed by atoms with van der Waals surface area (Å²) >= 11 is 0. The van der Waals surface area contributed by atoms with Gasteiger partial charge >= 0.3 is 0 Å². The van der Waals surface area contributed by atoms with Crippen LogP contribution in [0, 0.1) is 0 Å². The van der Waals surface area contributed by atoms with E-state index in [0.29, 0.717) is 11.3 Å². The molecule has 0 spiro atoms. The third kappa shape index (κ3) is 3.42. The van der Waals surface area contributed by atoms with E-state index in [0.717, 1.165) is 31.5 Å². The largest absolute Gasteiger partial charge is 0.326 e. The number of hydrogen-bond donors (Lipinski definition) is 1. The minimum Gasteiger partial charge on any atom is -0.326 e. The molecule has 0 aromatic heterocycles. The number of rotatable bonds is 2. The highest BCUT2D eigenvalue weighted by Gasteiger charge is 2.21. The lowest BCUT2D eigenvalue weighted by Crippen LogP contribution is -2.31. The van der Waals surface area contributed by atoms with E-state index in [9.17, 15) is 9.59 Å². The molecule has 1 heterocycles. The van der Waals surface area contributed by atoms with Crippen LogP contribution in [0.5, 0.6) is 0 Å². The van der Waals surface area contributed by atoms with Crippen molar-refractivity contribution >= 4 is 23.2 Å². The number of aryl methyl sites for hydroxylation is 1. The third-order valence-electron chi connectivity index (χ3n) is 4.06. The van der Waals surface area contributed by atoms with Crippen LogP contribution < -0.4 is 10.2 Å². The van der Waals surface area contributed by atoms with E-state index in [1.54, 1.807) is 24.3 Å². The van der Waals surface area contributed by atoms with E-state index in [1.165, 1.54) is 12.5 Å². The van der Waals surface area contributed by atoms with Gasteiger partial charge in [0.05, 0.1) is 0 Å². The highest BCUT2D eigenvalue weighted by atomic mass is 16.2. The van der Waals surface area contributed by atoms with Crippen LogP contribution in [0.15, 0.2) is 48.5 Å². The quantitative estimate of drug-likeness (QED) is 0.921. The summed E-state index contributed by atoms with van der Waals surface area (Å²) in [5, 5.41) is 2.71. The SMILES string of the molecule is CC(=O)Nc1ccc(C(=O)N2CCCCc3ccccc32)cc1. The minimum atomic E-state index is -0.120. The molecule has 0 unspecified atom stereocenters. The van der Waals surface area contributed by atoms with Crippen LogP contribution >= 0.6 is 0 Å². The van der Waals surface area contributed by atoms with Crippen LogP contribution in [-0.2, 0) is 11.2 Å². The number of hydrogen-bond acceptors (Lipinski definition) is 2. The number of amides is 2. The molecule has 0 fully saturated rings. The molecular weight excluding hydrogens is 288 g/mol. The zero-order valence-corrected chi connectivity index (χ0v) is 13.2. The van der Waals surface area contributed by atoms with Crippen molar-refractivity contribution in [3.63, 3.8) is 0 Å². The Labute approximate surface area is 136 Å². The van der Waals surface area contributed by atoms with E-state index in [-0.39, 0.29) is 11.8 Å². The van der Waals surface area contributed by atoms with Crippen molar-refractivity contribution in [3.05, 3.63) is 59.7 Å². The maximum atomic E-state index is 12.9. The molecule has 2 amide bonds.